The van der Waals surface area contributed by atoms with Crippen molar-refractivity contribution in [3.8, 4) is 0 Å². The highest BCUT2D eigenvalue weighted by Crippen LogP contribution is 2.19. The van der Waals surface area contributed by atoms with Gasteiger partial charge in [-0.25, -0.2) is 8.42 Å². The van der Waals surface area contributed by atoms with Gasteiger partial charge in [-0.1, -0.05) is 35.9 Å². The Morgan fingerprint density at radius 1 is 1.00 bits per heavy atom. The molecule has 0 spiro atoms. The van der Waals surface area contributed by atoms with Gasteiger partial charge in [-0.15, -0.1) is 0 Å². The third kappa shape index (κ3) is 7.37. The smallest absolute Gasteiger partial charge is 0.243 e. The quantitative estimate of drug-likeness (QED) is 0.503. The Labute approximate surface area is 188 Å². The molecule has 2 rings (SSSR count). The molecule has 0 bridgehead atoms. The number of nitrogens with one attached hydrogen (secondary N) is 3. The number of hydrogen-bond donors (Lipinski definition) is 3. The molecule has 0 heterocycles. The number of carbonyl (C=O) groups excluding carboxylic acids is 2. The zero-order valence-corrected chi connectivity index (χ0v) is 19.8. The van der Waals surface area contributed by atoms with Crippen LogP contribution in [0.5, 0.6) is 0 Å². The van der Waals surface area contributed by atoms with Crippen LogP contribution < -0.4 is 15.4 Å². The summed E-state index contributed by atoms with van der Waals surface area (Å²) < 4.78 is 27.9. The van der Waals surface area contributed by atoms with E-state index in [1.807, 2.05) is 45.2 Å². The number of thioether (sulfide) groups is 1. The van der Waals surface area contributed by atoms with E-state index in [9.17, 15) is 18.0 Å². The molecule has 0 aliphatic rings. The molecule has 1 unspecified atom stereocenters. The van der Waals surface area contributed by atoms with Gasteiger partial charge in [-0.2, -0.15) is 16.5 Å². The zero-order valence-electron chi connectivity index (χ0n) is 18.2. The van der Waals surface area contributed by atoms with Crippen LogP contribution in [0.15, 0.2) is 47.4 Å². The molecule has 9 heteroatoms. The van der Waals surface area contributed by atoms with Crippen molar-refractivity contribution in [2.45, 2.75) is 38.1 Å². The summed E-state index contributed by atoms with van der Waals surface area (Å²) in [6.45, 7) is 5.38. The van der Waals surface area contributed by atoms with E-state index in [0.717, 1.165) is 16.7 Å². The summed E-state index contributed by atoms with van der Waals surface area (Å²) in [4.78, 5) is 25.1. The molecular weight excluding hydrogens is 434 g/mol. The Balaban J connectivity index is 2.03. The predicted molar refractivity (Wildman–Crippen MR) is 126 cm³/mol. The van der Waals surface area contributed by atoms with Crippen LogP contribution in [-0.2, 0) is 19.6 Å². The molecule has 7 nitrogen and oxygen atoms in total. The molecule has 31 heavy (non-hydrogen) atoms. The van der Waals surface area contributed by atoms with Crippen LogP contribution in [0.3, 0.4) is 0 Å². The van der Waals surface area contributed by atoms with Crippen molar-refractivity contribution < 1.29 is 18.0 Å². The number of anilines is 1. The molecule has 0 aromatic heterocycles. The second-order valence-electron chi connectivity index (χ2n) is 7.30. The van der Waals surface area contributed by atoms with Gasteiger partial charge in [0.2, 0.25) is 21.8 Å². The molecule has 2 aromatic rings. The van der Waals surface area contributed by atoms with E-state index in [4.69, 9.17) is 0 Å². The van der Waals surface area contributed by atoms with Gasteiger partial charge >= 0.3 is 0 Å². The lowest BCUT2D eigenvalue weighted by molar-refractivity contribution is -0.125. The third-order valence-corrected chi connectivity index (χ3v) is 6.86. The Hall–Kier alpha value is -2.36. The number of benzene rings is 2. The zero-order chi connectivity index (χ0) is 23.0. The summed E-state index contributed by atoms with van der Waals surface area (Å²) in [5.74, 6) is -0.333. The second kappa shape index (κ2) is 11.3. The molecule has 0 saturated heterocycles. The highest BCUT2D eigenvalue weighted by atomic mass is 32.2. The molecule has 0 fully saturated rings. The van der Waals surface area contributed by atoms with Crippen LogP contribution >= 0.6 is 11.8 Å². The third-order valence-electron chi connectivity index (χ3n) is 4.72. The molecule has 1 atom stereocenters. The summed E-state index contributed by atoms with van der Waals surface area (Å²) in [5, 5.41) is 5.35. The van der Waals surface area contributed by atoms with E-state index in [2.05, 4.69) is 15.4 Å². The molecular formula is C22H29N3O4S2. The minimum Gasteiger partial charge on any atom is -0.346 e. The van der Waals surface area contributed by atoms with Crippen molar-refractivity contribution >= 4 is 39.3 Å². The molecule has 2 aromatic carbocycles. The Morgan fingerprint density at radius 3 is 2.19 bits per heavy atom. The van der Waals surface area contributed by atoms with Crippen LogP contribution in [0.25, 0.3) is 0 Å². The SMILES string of the molecule is CSCCC(NS(=O)(=O)c1ccc(C)cc1)C(=O)NCC(=O)Nc1c(C)cccc1C. The minimum absolute atomic E-state index is 0.0906. The molecule has 168 valence electrons. The van der Waals surface area contributed by atoms with Crippen LogP contribution in [0.1, 0.15) is 23.1 Å². The topological polar surface area (TPSA) is 104 Å². The number of para-hydroxylation sites is 1. The number of sulfonamides is 1. The van der Waals surface area contributed by atoms with Gasteiger partial charge in [0, 0.05) is 5.69 Å². The first kappa shape index (κ1) is 24.9. The fraction of sp³-hybridized carbons (Fsp3) is 0.364. The lowest BCUT2D eigenvalue weighted by Gasteiger charge is -2.18. The predicted octanol–water partition coefficient (Wildman–Crippen LogP) is 2.77. The number of hydrogen-bond acceptors (Lipinski definition) is 5. The number of aryl methyl sites for hydroxylation is 3. The Kier molecular flexibility index (Phi) is 9.09. The molecule has 2 amide bonds. The first-order chi connectivity index (χ1) is 14.6. The van der Waals surface area contributed by atoms with E-state index in [1.54, 1.807) is 12.1 Å². The maximum atomic E-state index is 12.7. The monoisotopic (exact) mass is 463 g/mol. The van der Waals surface area contributed by atoms with E-state index in [1.165, 1.54) is 23.9 Å². The van der Waals surface area contributed by atoms with Crippen LogP contribution in [0.2, 0.25) is 0 Å². The maximum Gasteiger partial charge on any atom is 0.243 e. The van der Waals surface area contributed by atoms with E-state index in [0.29, 0.717) is 17.9 Å². The lowest BCUT2D eigenvalue weighted by atomic mass is 10.1. The summed E-state index contributed by atoms with van der Waals surface area (Å²) >= 11 is 1.51. The molecule has 0 aliphatic heterocycles. The average Bonchev–Trinajstić information content (AvgIpc) is 2.72. The lowest BCUT2D eigenvalue weighted by Crippen LogP contribution is -2.48. The minimum atomic E-state index is -3.87. The van der Waals surface area contributed by atoms with Gasteiger partial charge in [-0.3, -0.25) is 9.59 Å². The van der Waals surface area contributed by atoms with Crippen molar-refractivity contribution in [1.82, 2.24) is 10.0 Å². The van der Waals surface area contributed by atoms with Crippen LogP contribution in [0, 0.1) is 20.8 Å². The van der Waals surface area contributed by atoms with Gasteiger partial charge in [0.15, 0.2) is 0 Å². The Morgan fingerprint density at radius 2 is 1.61 bits per heavy atom. The average molecular weight is 464 g/mol. The standard InChI is InChI=1S/C22H29N3O4S2/c1-15-8-10-18(11-9-15)31(28,29)25-19(12-13-30-4)22(27)23-14-20(26)24-21-16(2)6-5-7-17(21)3/h5-11,19,25H,12-14H2,1-4H3,(H,23,27)(H,24,26). The fourth-order valence-corrected chi connectivity index (χ4v) is 4.64. The maximum absolute atomic E-state index is 12.7. The number of amides is 2. The highest BCUT2D eigenvalue weighted by Gasteiger charge is 2.25. The number of rotatable bonds is 10. The molecule has 3 N–H and O–H groups in total. The van der Waals surface area contributed by atoms with Crippen molar-refractivity contribution in [3.05, 3.63) is 59.2 Å². The van der Waals surface area contributed by atoms with Gasteiger partial charge in [0.1, 0.15) is 6.04 Å². The molecule has 0 aliphatic carbocycles. The van der Waals surface area contributed by atoms with Crippen molar-refractivity contribution in [2.75, 3.05) is 23.9 Å². The van der Waals surface area contributed by atoms with Crippen LogP contribution in [0.4, 0.5) is 5.69 Å². The fourth-order valence-electron chi connectivity index (χ4n) is 2.94. The summed E-state index contributed by atoms with van der Waals surface area (Å²) in [6, 6.07) is 11.1. The van der Waals surface area contributed by atoms with Gasteiger partial charge < -0.3 is 10.6 Å². The highest BCUT2D eigenvalue weighted by molar-refractivity contribution is 7.98. The van der Waals surface area contributed by atoms with E-state index >= 15 is 0 Å². The van der Waals surface area contributed by atoms with E-state index in [-0.39, 0.29) is 17.3 Å². The normalized spacial score (nSPS) is 12.3. The van der Waals surface area contributed by atoms with Crippen molar-refractivity contribution in [3.63, 3.8) is 0 Å². The second-order valence-corrected chi connectivity index (χ2v) is 10.0. The van der Waals surface area contributed by atoms with Crippen molar-refractivity contribution in [1.29, 1.82) is 0 Å². The first-order valence-corrected chi connectivity index (χ1v) is 12.7. The summed E-state index contributed by atoms with van der Waals surface area (Å²) in [6.07, 6.45) is 2.18. The van der Waals surface area contributed by atoms with Gasteiger partial charge in [0.25, 0.3) is 0 Å². The molecule has 0 radical (unpaired) electrons. The molecule has 0 saturated carbocycles. The summed E-state index contributed by atoms with van der Waals surface area (Å²) in [7, 11) is -3.87. The van der Waals surface area contributed by atoms with Crippen molar-refractivity contribution in [2.24, 2.45) is 0 Å². The van der Waals surface area contributed by atoms with Gasteiger partial charge in [0.05, 0.1) is 11.4 Å². The number of carbonyl (C=O) groups is 2. The summed E-state index contributed by atoms with van der Waals surface area (Å²) in [5.41, 5.74) is 3.48. The van der Waals surface area contributed by atoms with Gasteiger partial charge in [-0.05, 0) is 62.5 Å². The van der Waals surface area contributed by atoms with Crippen LogP contribution in [-0.4, -0.2) is 44.8 Å². The Bertz CT molecular complexity index is 1000. The largest absolute Gasteiger partial charge is 0.346 e. The first-order valence-electron chi connectivity index (χ1n) is 9.85. The van der Waals surface area contributed by atoms with E-state index < -0.39 is 22.0 Å².